The van der Waals surface area contributed by atoms with E-state index in [1.54, 1.807) is 0 Å². The van der Waals surface area contributed by atoms with Gasteiger partial charge < -0.3 is 15.5 Å². The van der Waals surface area contributed by atoms with Crippen molar-refractivity contribution < 1.29 is 4.79 Å². The minimum absolute atomic E-state index is 0.00228. The molecule has 2 aliphatic rings. The fourth-order valence-electron chi connectivity index (χ4n) is 3.29. The van der Waals surface area contributed by atoms with Crippen LogP contribution in [0.15, 0.2) is 0 Å². The van der Waals surface area contributed by atoms with Crippen molar-refractivity contribution in [1.29, 1.82) is 0 Å². The largest absolute Gasteiger partial charge is 0.353 e. The fraction of sp³-hybridized carbons (Fsp3) is 0.938. The highest BCUT2D eigenvalue weighted by molar-refractivity contribution is 5.82. The van der Waals surface area contributed by atoms with Gasteiger partial charge in [0, 0.05) is 18.1 Å². The first-order chi connectivity index (χ1) is 9.40. The second kappa shape index (κ2) is 6.44. The summed E-state index contributed by atoms with van der Waals surface area (Å²) in [4.78, 5) is 14.5. The molecular weight excluding hydrogens is 250 g/mol. The Morgan fingerprint density at radius 3 is 2.60 bits per heavy atom. The molecule has 1 heterocycles. The number of piperidine rings is 1. The van der Waals surface area contributed by atoms with Crippen molar-refractivity contribution in [3.8, 4) is 0 Å². The number of hydrogen-bond donors (Lipinski definition) is 2. The van der Waals surface area contributed by atoms with Crippen LogP contribution in [-0.4, -0.2) is 49.1 Å². The maximum absolute atomic E-state index is 12.3. The molecule has 0 bridgehead atoms. The summed E-state index contributed by atoms with van der Waals surface area (Å²) in [5.41, 5.74) is -0.00228. The third-order valence-corrected chi connectivity index (χ3v) is 5.37. The van der Waals surface area contributed by atoms with E-state index >= 15 is 0 Å². The number of amides is 1. The SMILES string of the molecule is CN(C)C(C)(C)CNC(=O)C1CCC2CCCCC2N1. The zero-order chi connectivity index (χ0) is 14.8. The van der Waals surface area contributed by atoms with E-state index in [9.17, 15) is 4.79 Å². The van der Waals surface area contributed by atoms with Crippen LogP contribution in [0.2, 0.25) is 0 Å². The second-order valence-electron chi connectivity index (χ2n) is 7.37. The Morgan fingerprint density at radius 1 is 1.20 bits per heavy atom. The van der Waals surface area contributed by atoms with Crippen LogP contribution in [0.4, 0.5) is 0 Å². The highest BCUT2D eigenvalue weighted by Crippen LogP contribution is 2.32. The highest BCUT2D eigenvalue weighted by Gasteiger charge is 2.34. The van der Waals surface area contributed by atoms with E-state index in [0.29, 0.717) is 12.6 Å². The summed E-state index contributed by atoms with van der Waals surface area (Å²) in [6.45, 7) is 5.00. The van der Waals surface area contributed by atoms with Crippen molar-refractivity contribution in [1.82, 2.24) is 15.5 Å². The molecule has 4 heteroatoms. The molecule has 1 amide bonds. The number of carbonyl (C=O) groups is 1. The molecule has 2 rings (SSSR count). The van der Waals surface area contributed by atoms with Gasteiger partial charge in [-0.3, -0.25) is 4.79 Å². The first kappa shape index (κ1) is 15.8. The molecule has 3 atom stereocenters. The third-order valence-electron chi connectivity index (χ3n) is 5.37. The number of hydrogen-bond acceptors (Lipinski definition) is 3. The molecule has 1 aliphatic heterocycles. The summed E-state index contributed by atoms with van der Waals surface area (Å²) in [5, 5.41) is 6.72. The van der Waals surface area contributed by atoms with Gasteiger partial charge in [-0.25, -0.2) is 0 Å². The van der Waals surface area contributed by atoms with Gasteiger partial charge in [-0.1, -0.05) is 12.8 Å². The summed E-state index contributed by atoms with van der Waals surface area (Å²) in [7, 11) is 4.11. The maximum Gasteiger partial charge on any atom is 0.237 e. The highest BCUT2D eigenvalue weighted by atomic mass is 16.2. The van der Waals surface area contributed by atoms with Crippen LogP contribution < -0.4 is 10.6 Å². The van der Waals surface area contributed by atoms with E-state index in [0.717, 1.165) is 12.3 Å². The Balaban J connectivity index is 1.81. The van der Waals surface area contributed by atoms with Gasteiger partial charge in [-0.15, -0.1) is 0 Å². The van der Waals surface area contributed by atoms with E-state index in [-0.39, 0.29) is 17.5 Å². The van der Waals surface area contributed by atoms with Gasteiger partial charge in [-0.2, -0.15) is 0 Å². The zero-order valence-electron chi connectivity index (χ0n) is 13.5. The van der Waals surface area contributed by atoms with Gasteiger partial charge in [-0.05, 0) is 59.5 Å². The number of likely N-dealkylation sites (N-methyl/N-ethyl adjacent to an activating group) is 1. The van der Waals surface area contributed by atoms with Crippen LogP contribution in [0.5, 0.6) is 0 Å². The van der Waals surface area contributed by atoms with Crippen molar-refractivity contribution in [3.05, 3.63) is 0 Å². The molecule has 0 radical (unpaired) electrons. The maximum atomic E-state index is 12.3. The number of nitrogens with zero attached hydrogens (tertiary/aromatic N) is 1. The van der Waals surface area contributed by atoms with Crippen molar-refractivity contribution >= 4 is 5.91 Å². The van der Waals surface area contributed by atoms with E-state index in [4.69, 9.17) is 0 Å². The van der Waals surface area contributed by atoms with Gasteiger partial charge in [0.1, 0.15) is 0 Å². The summed E-state index contributed by atoms with van der Waals surface area (Å²) < 4.78 is 0. The fourth-order valence-corrected chi connectivity index (χ4v) is 3.29. The van der Waals surface area contributed by atoms with Crippen LogP contribution in [0.3, 0.4) is 0 Å². The van der Waals surface area contributed by atoms with Crippen molar-refractivity contribution in [2.24, 2.45) is 5.92 Å². The summed E-state index contributed by atoms with van der Waals surface area (Å²) >= 11 is 0. The Labute approximate surface area is 123 Å². The lowest BCUT2D eigenvalue weighted by atomic mass is 9.77. The summed E-state index contributed by atoms with van der Waals surface area (Å²) in [5.74, 6) is 0.995. The molecule has 0 spiro atoms. The van der Waals surface area contributed by atoms with Gasteiger partial charge in [0.05, 0.1) is 6.04 Å². The lowest BCUT2D eigenvalue weighted by Gasteiger charge is -2.40. The molecule has 1 aliphatic carbocycles. The molecule has 0 aromatic carbocycles. The van der Waals surface area contributed by atoms with Crippen LogP contribution >= 0.6 is 0 Å². The van der Waals surface area contributed by atoms with Crippen molar-refractivity contribution in [2.45, 2.75) is 70.0 Å². The molecule has 0 aromatic rings. The summed E-state index contributed by atoms with van der Waals surface area (Å²) in [6.07, 6.45) is 7.49. The zero-order valence-corrected chi connectivity index (χ0v) is 13.5. The average molecular weight is 281 g/mol. The topological polar surface area (TPSA) is 44.4 Å². The third kappa shape index (κ3) is 3.73. The van der Waals surface area contributed by atoms with Gasteiger partial charge in [0.15, 0.2) is 0 Å². The predicted molar refractivity (Wildman–Crippen MR) is 82.7 cm³/mol. The predicted octanol–water partition coefficient (Wildman–Crippen LogP) is 1.75. The minimum atomic E-state index is -0.00228. The van der Waals surface area contributed by atoms with Crippen LogP contribution in [0, 0.1) is 5.92 Å². The minimum Gasteiger partial charge on any atom is -0.353 e. The molecular formula is C16H31N3O. The Hall–Kier alpha value is -0.610. The molecule has 2 N–H and O–H groups in total. The van der Waals surface area contributed by atoms with E-state index in [1.165, 1.54) is 32.1 Å². The Bertz CT molecular complexity index is 341. The standard InChI is InChI=1S/C16H31N3O/c1-16(2,19(3)4)11-17-15(20)14-10-9-12-7-5-6-8-13(12)18-14/h12-14,18H,5-11H2,1-4H3,(H,17,20). The second-order valence-corrected chi connectivity index (χ2v) is 7.37. The molecule has 1 saturated heterocycles. The normalized spacial score (nSPS) is 30.9. The smallest absolute Gasteiger partial charge is 0.237 e. The number of fused-ring (bicyclic) bond motifs is 1. The van der Waals surface area contributed by atoms with Crippen LogP contribution in [0.1, 0.15) is 52.4 Å². The first-order valence-corrected chi connectivity index (χ1v) is 8.11. The van der Waals surface area contributed by atoms with Crippen LogP contribution in [0.25, 0.3) is 0 Å². The van der Waals surface area contributed by atoms with E-state index in [2.05, 4.69) is 43.5 Å². The van der Waals surface area contributed by atoms with Gasteiger partial charge in [0.25, 0.3) is 0 Å². The number of nitrogens with one attached hydrogen (secondary N) is 2. The molecule has 116 valence electrons. The summed E-state index contributed by atoms with van der Waals surface area (Å²) in [6, 6.07) is 0.599. The lowest BCUT2D eigenvalue weighted by Crippen LogP contribution is -2.57. The Kier molecular flexibility index (Phi) is 5.08. The average Bonchev–Trinajstić information content (AvgIpc) is 2.44. The molecule has 2 fully saturated rings. The molecule has 3 unspecified atom stereocenters. The molecule has 1 saturated carbocycles. The molecule has 20 heavy (non-hydrogen) atoms. The quantitative estimate of drug-likeness (QED) is 0.825. The van der Waals surface area contributed by atoms with E-state index < -0.39 is 0 Å². The first-order valence-electron chi connectivity index (χ1n) is 8.11. The van der Waals surface area contributed by atoms with Crippen molar-refractivity contribution in [3.63, 3.8) is 0 Å². The van der Waals surface area contributed by atoms with Crippen LogP contribution in [-0.2, 0) is 4.79 Å². The van der Waals surface area contributed by atoms with Crippen molar-refractivity contribution in [2.75, 3.05) is 20.6 Å². The van der Waals surface area contributed by atoms with E-state index in [1.807, 2.05) is 0 Å². The monoisotopic (exact) mass is 281 g/mol. The number of rotatable bonds is 4. The van der Waals surface area contributed by atoms with Gasteiger partial charge >= 0.3 is 0 Å². The Morgan fingerprint density at radius 2 is 1.90 bits per heavy atom. The molecule has 4 nitrogen and oxygen atoms in total. The van der Waals surface area contributed by atoms with Gasteiger partial charge in [0.2, 0.25) is 5.91 Å². The lowest BCUT2D eigenvalue weighted by molar-refractivity contribution is -0.125. The number of carbonyl (C=O) groups excluding carboxylic acids is 1. The molecule has 0 aromatic heterocycles.